The summed E-state index contributed by atoms with van der Waals surface area (Å²) in [6, 6.07) is 5.43. The molecule has 0 aliphatic carbocycles. The maximum Gasteiger partial charge on any atom is 0.250 e. The molecule has 1 atom stereocenters. The summed E-state index contributed by atoms with van der Waals surface area (Å²) in [5, 5.41) is 11.2. The second-order valence-electron chi connectivity index (χ2n) is 4.92. The molecule has 1 aromatic rings. The van der Waals surface area contributed by atoms with Crippen LogP contribution < -0.4 is 5.73 Å². The summed E-state index contributed by atoms with van der Waals surface area (Å²) >= 11 is 12.1. The van der Waals surface area contributed by atoms with Gasteiger partial charge in [-0.05, 0) is 31.0 Å². The quantitative estimate of drug-likeness (QED) is 0.895. The number of piperidine rings is 1. The summed E-state index contributed by atoms with van der Waals surface area (Å²) in [5.74, 6) is -0.672. The highest BCUT2D eigenvalue weighted by molar-refractivity contribution is 6.42. The number of amides is 1. The number of carbonyl (C=O) groups excluding carboxylic acids is 1. The van der Waals surface area contributed by atoms with Gasteiger partial charge in [-0.1, -0.05) is 35.3 Å². The molecular formula is C13H16Cl2N2O2. The summed E-state index contributed by atoms with van der Waals surface area (Å²) in [5.41, 5.74) is 4.68. The molecule has 1 aliphatic rings. The Hall–Kier alpha value is -0.810. The molecule has 4 nitrogen and oxygen atoms in total. The molecule has 3 N–H and O–H groups in total. The number of aliphatic hydroxyl groups is 1. The van der Waals surface area contributed by atoms with Crippen LogP contribution in [0, 0.1) is 0 Å². The van der Waals surface area contributed by atoms with Crippen LogP contribution in [0.5, 0.6) is 0 Å². The van der Waals surface area contributed by atoms with Crippen molar-refractivity contribution in [3.05, 3.63) is 33.8 Å². The van der Waals surface area contributed by atoms with E-state index in [-0.39, 0.29) is 6.54 Å². The number of primary amides is 1. The highest BCUT2D eigenvalue weighted by Crippen LogP contribution is 2.28. The van der Waals surface area contributed by atoms with Crippen molar-refractivity contribution in [1.29, 1.82) is 0 Å². The van der Waals surface area contributed by atoms with Gasteiger partial charge in [0.25, 0.3) is 5.91 Å². The predicted octanol–water partition coefficient (Wildman–Crippen LogP) is 1.81. The van der Waals surface area contributed by atoms with E-state index in [9.17, 15) is 9.90 Å². The van der Waals surface area contributed by atoms with Gasteiger partial charge in [-0.15, -0.1) is 0 Å². The van der Waals surface area contributed by atoms with E-state index in [4.69, 9.17) is 28.9 Å². The monoisotopic (exact) mass is 302 g/mol. The average molecular weight is 303 g/mol. The first kappa shape index (κ1) is 14.6. The van der Waals surface area contributed by atoms with Crippen LogP contribution in [0.15, 0.2) is 18.2 Å². The second kappa shape index (κ2) is 5.67. The van der Waals surface area contributed by atoms with Crippen molar-refractivity contribution in [2.45, 2.75) is 25.0 Å². The van der Waals surface area contributed by atoms with Gasteiger partial charge in [0.15, 0.2) is 5.60 Å². The first-order chi connectivity index (χ1) is 8.92. The van der Waals surface area contributed by atoms with Crippen LogP contribution in [0.25, 0.3) is 0 Å². The number of nitrogens with zero attached hydrogens (tertiary/aromatic N) is 1. The molecule has 0 unspecified atom stereocenters. The lowest BCUT2D eigenvalue weighted by atomic mass is 9.92. The van der Waals surface area contributed by atoms with E-state index in [2.05, 4.69) is 0 Å². The van der Waals surface area contributed by atoms with Gasteiger partial charge in [0.2, 0.25) is 0 Å². The normalized spacial score (nSPS) is 24.4. The summed E-state index contributed by atoms with van der Waals surface area (Å²) < 4.78 is 0. The number of halogens is 2. The zero-order valence-electron chi connectivity index (χ0n) is 10.4. The van der Waals surface area contributed by atoms with Crippen molar-refractivity contribution in [2.24, 2.45) is 5.73 Å². The summed E-state index contributed by atoms with van der Waals surface area (Å²) in [6.45, 7) is 1.55. The molecule has 0 aromatic heterocycles. The van der Waals surface area contributed by atoms with Crippen molar-refractivity contribution in [2.75, 3.05) is 13.1 Å². The Kier molecular flexibility index (Phi) is 4.36. The molecule has 0 bridgehead atoms. The van der Waals surface area contributed by atoms with E-state index in [1.807, 2.05) is 17.0 Å². The number of hydrogen-bond acceptors (Lipinski definition) is 3. The molecule has 1 amide bonds. The fourth-order valence-electron chi connectivity index (χ4n) is 2.37. The zero-order chi connectivity index (χ0) is 14.0. The smallest absolute Gasteiger partial charge is 0.250 e. The van der Waals surface area contributed by atoms with E-state index < -0.39 is 11.5 Å². The molecule has 2 rings (SSSR count). The van der Waals surface area contributed by atoms with Crippen molar-refractivity contribution in [3.8, 4) is 0 Å². The van der Waals surface area contributed by atoms with Gasteiger partial charge in [0.05, 0.1) is 10.0 Å². The molecule has 0 saturated carbocycles. The Balaban J connectivity index is 2.11. The second-order valence-corrected chi connectivity index (χ2v) is 5.71. The standard InChI is InChI=1S/C13H16Cl2N2O2/c14-10-4-1-3-9(11(10)15)7-17-6-2-5-13(19,8-17)12(16)18/h1,3-4,19H,2,5-8H2,(H2,16,18)/t13-/m0/s1. The largest absolute Gasteiger partial charge is 0.379 e. The Bertz CT molecular complexity index is 496. The van der Waals surface area contributed by atoms with Crippen molar-refractivity contribution in [3.63, 3.8) is 0 Å². The minimum Gasteiger partial charge on any atom is -0.379 e. The Morgan fingerprint density at radius 1 is 1.47 bits per heavy atom. The maximum absolute atomic E-state index is 11.3. The number of β-amino-alcohol motifs (C(OH)–C–C–N with tert-alkyl or cyclic N) is 1. The fourth-order valence-corrected chi connectivity index (χ4v) is 2.75. The van der Waals surface area contributed by atoms with Crippen LogP contribution in [0.4, 0.5) is 0 Å². The van der Waals surface area contributed by atoms with Crippen LogP contribution in [-0.2, 0) is 11.3 Å². The lowest BCUT2D eigenvalue weighted by Gasteiger charge is -2.37. The molecular weight excluding hydrogens is 287 g/mol. The van der Waals surface area contributed by atoms with Crippen LogP contribution in [-0.4, -0.2) is 34.6 Å². The van der Waals surface area contributed by atoms with E-state index in [0.29, 0.717) is 23.0 Å². The first-order valence-electron chi connectivity index (χ1n) is 6.10. The fraction of sp³-hybridized carbons (Fsp3) is 0.462. The SMILES string of the molecule is NC(=O)[C@]1(O)CCCN(Cc2cccc(Cl)c2Cl)C1. The molecule has 6 heteroatoms. The number of likely N-dealkylation sites (tertiary alicyclic amines) is 1. The molecule has 104 valence electrons. The molecule has 19 heavy (non-hydrogen) atoms. The topological polar surface area (TPSA) is 66.6 Å². The number of nitrogens with two attached hydrogens (primary N) is 1. The molecule has 1 aromatic carbocycles. The summed E-state index contributed by atoms with van der Waals surface area (Å²) in [6.07, 6.45) is 1.12. The predicted molar refractivity (Wildman–Crippen MR) is 75.1 cm³/mol. The van der Waals surface area contributed by atoms with Gasteiger partial charge in [-0.3, -0.25) is 9.69 Å². The molecule has 0 spiro atoms. The maximum atomic E-state index is 11.3. The van der Waals surface area contributed by atoms with Crippen LogP contribution in [0.1, 0.15) is 18.4 Å². The van der Waals surface area contributed by atoms with Crippen molar-refractivity contribution < 1.29 is 9.90 Å². The molecule has 1 saturated heterocycles. The van der Waals surface area contributed by atoms with Crippen LogP contribution in [0.2, 0.25) is 10.0 Å². The molecule has 1 aliphatic heterocycles. The highest BCUT2D eigenvalue weighted by Gasteiger charge is 2.38. The number of benzene rings is 1. The van der Waals surface area contributed by atoms with Crippen molar-refractivity contribution in [1.82, 2.24) is 4.90 Å². The minimum atomic E-state index is -1.44. The van der Waals surface area contributed by atoms with E-state index in [1.54, 1.807) is 6.07 Å². The Morgan fingerprint density at radius 2 is 2.21 bits per heavy atom. The third kappa shape index (κ3) is 3.20. The third-order valence-corrected chi connectivity index (χ3v) is 4.29. The van der Waals surface area contributed by atoms with Gasteiger partial charge in [-0.2, -0.15) is 0 Å². The highest BCUT2D eigenvalue weighted by atomic mass is 35.5. The zero-order valence-corrected chi connectivity index (χ0v) is 11.9. The Morgan fingerprint density at radius 3 is 2.89 bits per heavy atom. The first-order valence-corrected chi connectivity index (χ1v) is 6.85. The van der Waals surface area contributed by atoms with Gasteiger partial charge in [0.1, 0.15) is 0 Å². The van der Waals surface area contributed by atoms with Crippen LogP contribution in [0.3, 0.4) is 0 Å². The van der Waals surface area contributed by atoms with Crippen LogP contribution >= 0.6 is 23.2 Å². The van der Waals surface area contributed by atoms with Crippen molar-refractivity contribution >= 4 is 29.1 Å². The molecule has 1 heterocycles. The van der Waals surface area contributed by atoms with Gasteiger partial charge >= 0.3 is 0 Å². The number of hydrogen-bond donors (Lipinski definition) is 2. The molecule has 1 fully saturated rings. The minimum absolute atomic E-state index is 0.227. The lowest BCUT2D eigenvalue weighted by molar-refractivity contribution is -0.142. The van der Waals surface area contributed by atoms with E-state index in [0.717, 1.165) is 18.5 Å². The Labute approximate surface area is 122 Å². The van der Waals surface area contributed by atoms with E-state index >= 15 is 0 Å². The van der Waals surface area contributed by atoms with Gasteiger partial charge in [0, 0.05) is 13.1 Å². The van der Waals surface area contributed by atoms with E-state index in [1.165, 1.54) is 0 Å². The van der Waals surface area contributed by atoms with Gasteiger partial charge < -0.3 is 10.8 Å². The third-order valence-electron chi connectivity index (χ3n) is 3.43. The van der Waals surface area contributed by atoms with Gasteiger partial charge in [-0.25, -0.2) is 0 Å². The summed E-state index contributed by atoms with van der Waals surface area (Å²) in [4.78, 5) is 13.3. The summed E-state index contributed by atoms with van der Waals surface area (Å²) in [7, 11) is 0. The average Bonchev–Trinajstić information content (AvgIpc) is 2.35. The lowest BCUT2D eigenvalue weighted by Crippen LogP contribution is -2.55. The molecule has 0 radical (unpaired) electrons. The number of carbonyl (C=O) groups is 1. The number of rotatable bonds is 3.